The summed E-state index contributed by atoms with van der Waals surface area (Å²) in [7, 11) is 0. The van der Waals surface area contributed by atoms with Gasteiger partial charge in [-0.2, -0.15) is 0 Å². The summed E-state index contributed by atoms with van der Waals surface area (Å²) in [5.74, 6) is 0.352. The third-order valence-electron chi connectivity index (χ3n) is 3.88. The number of carbonyl (C=O) groups excluding carboxylic acids is 1. The van der Waals surface area contributed by atoms with E-state index in [0.29, 0.717) is 11.4 Å². The minimum absolute atomic E-state index is 0.148. The molecule has 0 saturated heterocycles. The molecule has 0 atom stereocenters. The van der Waals surface area contributed by atoms with E-state index >= 15 is 0 Å². The predicted octanol–water partition coefficient (Wildman–Crippen LogP) is 4.17. The highest BCUT2D eigenvalue weighted by Gasteiger charge is 2.13. The first-order valence-electron chi connectivity index (χ1n) is 7.46. The summed E-state index contributed by atoms with van der Waals surface area (Å²) in [6.07, 6.45) is 7.71. The second-order valence-corrected chi connectivity index (χ2v) is 5.60. The molecule has 0 radical (unpaired) electrons. The van der Waals surface area contributed by atoms with E-state index in [2.05, 4.69) is 10.6 Å². The Labute approximate surface area is 120 Å². The second kappa shape index (κ2) is 7.27. The zero-order valence-corrected chi connectivity index (χ0v) is 12.0. The minimum atomic E-state index is -0.275. The van der Waals surface area contributed by atoms with Crippen molar-refractivity contribution in [3.63, 3.8) is 0 Å². The average Bonchev–Trinajstić information content (AvgIpc) is 2.43. The third kappa shape index (κ3) is 4.51. The number of nitrogens with one attached hydrogen (secondary N) is 2. The van der Waals surface area contributed by atoms with Gasteiger partial charge < -0.3 is 10.6 Å². The van der Waals surface area contributed by atoms with E-state index in [-0.39, 0.29) is 11.7 Å². The Kier molecular flexibility index (Phi) is 5.39. The van der Waals surface area contributed by atoms with Crippen LogP contribution in [0.15, 0.2) is 18.2 Å². The molecule has 1 aromatic carbocycles. The quantitative estimate of drug-likeness (QED) is 0.849. The van der Waals surface area contributed by atoms with Gasteiger partial charge in [-0.05, 0) is 30.5 Å². The normalized spacial score (nSPS) is 15.9. The van der Waals surface area contributed by atoms with Crippen LogP contribution >= 0.6 is 0 Å². The fraction of sp³-hybridized carbons (Fsp3) is 0.562. The molecule has 0 aliphatic heterocycles. The van der Waals surface area contributed by atoms with E-state index in [4.69, 9.17) is 0 Å². The lowest BCUT2D eigenvalue weighted by atomic mass is 9.87. The molecule has 1 aliphatic rings. The summed E-state index contributed by atoms with van der Waals surface area (Å²) in [5.41, 5.74) is 1.09. The van der Waals surface area contributed by atoms with Crippen molar-refractivity contribution in [2.45, 2.75) is 45.4 Å². The Hall–Kier alpha value is -1.58. The summed E-state index contributed by atoms with van der Waals surface area (Å²) in [6, 6.07) is 4.61. The van der Waals surface area contributed by atoms with Crippen LogP contribution in [0.5, 0.6) is 0 Å². The highest BCUT2D eigenvalue weighted by atomic mass is 19.1. The summed E-state index contributed by atoms with van der Waals surface area (Å²) in [4.78, 5) is 11.0. The van der Waals surface area contributed by atoms with Gasteiger partial charge in [0.15, 0.2) is 0 Å². The first kappa shape index (κ1) is 14.8. The van der Waals surface area contributed by atoms with Crippen LogP contribution in [0, 0.1) is 11.7 Å². The number of halogens is 1. The minimum Gasteiger partial charge on any atom is -0.383 e. The predicted molar refractivity (Wildman–Crippen MR) is 80.4 cm³/mol. The van der Waals surface area contributed by atoms with Crippen molar-refractivity contribution < 1.29 is 9.18 Å². The van der Waals surface area contributed by atoms with Crippen LogP contribution in [0.1, 0.15) is 45.4 Å². The average molecular weight is 278 g/mol. The first-order valence-corrected chi connectivity index (χ1v) is 7.46. The number of rotatable bonds is 5. The van der Waals surface area contributed by atoms with Gasteiger partial charge in [0.05, 0.1) is 5.69 Å². The SMILES string of the molecule is CC(=O)Nc1ccc(F)c(NCCC2CCCCC2)c1. The topological polar surface area (TPSA) is 41.1 Å². The molecule has 1 amide bonds. The maximum Gasteiger partial charge on any atom is 0.221 e. The number of carbonyl (C=O) groups is 1. The van der Waals surface area contributed by atoms with Gasteiger partial charge in [0, 0.05) is 19.2 Å². The van der Waals surface area contributed by atoms with Crippen molar-refractivity contribution in [3.8, 4) is 0 Å². The molecule has 3 nitrogen and oxygen atoms in total. The molecule has 0 heterocycles. The standard InChI is InChI=1S/C16H23FN2O/c1-12(20)19-14-7-8-15(17)16(11-14)18-10-9-13-5-3-2-4-6-13/h7-8,11,13,18H,2-6,9-10H2,1H3,(H,19,20). The molecule has 4 heteroatoms. The molecule has 0 spiro atoms. The summed E-state index contributed by atoms with van der Waals surface area (Å²) in [5, 5.41) is 5.81. The van der Waals surface area contributed by atoms with Crippen molar-refractivity contribution in [1.29, 1.82) is 0 Å². The second-order valence-electron chi connectivity index (χ2n) is 5.60. The van der Waals surface area contributed by atoms with Crippen molar-refractivity contribution in [1.82, 2.24) is 0 Å². The molecular weight excluding hydrogens is 255 g/mol. The maximum absolute atomic E-state index is 13.7. The van der Waals surface area contributed by atoms with E-state index < -0.39 is 0 Å². The summed E-state index contributed by atoms with van der Waals surface area (Å²) in [6.45, 7) is 2.23. The van der Waals surface area contributed by atoms with Gasteiger partial charge in [-0.25, -0.2) is 4.39 Å². The largest absolute Gasteiger partial charge is 0.383 e. The Morgan fingerprint density at radius 1 is 1.30 bits per heavy atom. The van der Waals surface area contributed by atoms with Crippen molar-refractivity contribution in [3.05, 3.63) is 24.0 Å². The smallest absolute Gasteiger partial charge is 0.221 e. The fourth-order valence-corrected chi connectivity index (χ4v) is 2.83. The molecule has 2 rings (SSSR count). The lowest BCUT2D eigenvalue weighted by molar-refractivity contribution is -0.114. The van der Waals surface area contributed by atoms with E-state index in [9.17, 15) is 9.18 Å². The van der Waals surface area contributed by atoms with Crippen LogP contribution in [0.4, 0.5) is 15.8 Å². The lowest BCUT2D eigenvalue weighted by Crippen LogP contribution is -2.13. The molecule has 110 valence electrons. The van der Waals surface area contributed by atoms with Crippen LogP contribution < -0.4 is 10.6 Å². The van der Waals surface area contributed by atoms with E-state index in [1.807, 2.05) is 0 Å². The molecule has 1 fully saturated rings. The molecule has 1 saturated carbocycles. The zero-order valence-electron chi connectivity index (χ0n) is 12.0. The Morgan fingerprint density at radius 3 is 2.75 bits per heavy atom. The zero-order chi connectivity index (χ0) is 14.4. The van der Waals surface area contributed by atoms with Gasteiger partial charge in [0.25, 0.3) is 0 Å². The molecule has 0 aromatic heterocycles. The van der Waals surface area contributed by atoms with E-state index in [1.54, 1.807) is 12.1 Å². The van der Waals surface area contributed by atoms with Crippen LogP contribution in [-0.2, 0) is 4.79 Å². The van der Waals surface area contributed by atoms with Gasteiger partial charge >= 0.3 is 0 Å². The van der Waals surface area contributed by atoms with E-state index in [1.165, 1.54) is 45.1 Å². The molecule has 0 bridgehead atoms. The highest BCUT2D eigenvalue weighted by Crippen LogP contribution is 2.26. The third-order valence-corrected chi connectivity index (χ3v) is 3.88. The van der Waals surface area contributed by atoms with Gasteiger partial charge in [0.2, 0.25) is 5.91 Å². The number of hydrogen-bond acceptors (Lipinski definition) is 2. The first-order chi connectivity index (χ1) is 9.65. The van der Waals surface area contributed by atoms with Gasteiger partial charge in [-0.3, -0.25) is 4.79 Å². The molecule has 1 aliphatic carbocycles. The molecule has 1 aromatic rings. The lowest BCUT2D eigenvalue weighted by Gasteiger charge is -2.21. The van der Waals surface area contributed by atoms with Crippen molar-refractivity contribution in [2.75, 3.05) is 17.2 Å². The maximum atomic E-state index is 13.7. The number of anilines is 2. The van der Waals surface area contributed by atoms with Gasteiger partial charge in [-0.1, -0.05) is 32.1 Å². The van der Waals surface area contributed by atoms with Crippen LogP contribution in [-0.4, -0.2) is 12.5 Å². The Morgan fingerprint density at radius 2 is 2.05 bits per heavy atom. The van der Waals surface area contributed by atoms with Gasteiger partial charge in [0.1, 0.15) is 5.82 Å². The van der Waals surface area contributed by atoms with Crippen molar-refractivity contribution in [2.24, 2.45) is 5.92 Å². The molecule has 2 N–H and O–H groups in total. The number of amides is 1. The summed E-state index contributed by atoms with van der Waals surface area (Å²) < 4.78 is 13.7. The van der Waals surface area contributed by atoms with E-state index in [0.717, 1.165) is 18.9 Å². The fourth-order valence-electron chi connectivity index (χ4n) is 2.83. The number of benzene rings is 1. The monoisotopic (exact) mass is 278 g/mol. The van der Waals surface area contributed by atoms with Crippen LogP contribution in [0.3, 0.4) is 0 Å². The van der Waals surface area contributed by atoms with Crippen molar-refractivity contribution >= 4 is 17.3 Å². The van der Waals surface area contributed by atoms with Gasteiger partial charge in [-0.15, -0.1) is 0 Å². The highest BCUT2D eigenvalue weighted by molar-refractivity contribution is 5.89. The van der Waals surface area contributed by atoms with Crippen LogP contribution in [0.2, 0.25) is 0 Å². The Bertz CT molecular complexity index is 456. The molecule has 20 heavy (non-hydrogen) atoms. The number of hydrogen-bond donors (Lipinski definition) is 2. The van der Waals surface area contributed by atoms with Crippen LogP contribution in [0.25, 0.3) is 0 Å². The molecule has 0 unspecified atom stereocenters. The Balaban J connectivity index is 1.86. The summed E-state index contributed by atoms with van der Waals surface area (Å²) >= 11 is 0. The molecular formula is C16H23FN2O.